The Hall–Kier alpha value is -4.71. The van der Waals surface area contributed by atoms with E-state index in [1.54, 1.807) is 24.3 Å². The molecule has 1 aliphatic carbocycles. The number of nitrogens with one attached hydrogen (secondary N) is 2. The van der Waals surface area contributed by atoms with Crippen molar-refractivity contribution in [3.63, 3.8) is 0 Å². The first-order valence-corrected chi connectivity index (χ1v) is 12.5. The molecule has 8 nitrogen and oxygen atoms in total. The van der Waals surface area contributed by atoms with E-state index in [0.717, 1.165) is 23.0 Å². The molecule has 1 aromatic carbocycles. The monoisotopic (exact) mass is 587 g/mol. The van der Waals surface area contributed by atoms with Gasteiger partial charge in [-0.2, -0.15) is 13.2 Å². The first-order valence-electron chi connectivity index (χ1n) is 12.1. The van der Waals surface area contributed by atoms with E-state index in [9.17, 15) is 22.8 Å². The third-order valence-corrected chi connectivity index (χ3v) is 6.05. The van der Waals surface area contributed by atoms with Crippen LogP contribution >= 0.6 is 11.6 Å². The Morgan fingerprint density at radius 2 is 1.78 bits per heavy atom. The maximum atomic E-state index is 15.1. The molecular weight excluding hydrogens is 566 g/mol. The molecule has 4 rings (SSSR count). The van der Waals surface area contributed by atoms with Gasteiger partial charge in [-0.1, -0.05) is 42.5 Å². The van der Waals surface area contributed by atoms with E-state index >= 15 is 4.39 Å². The molecule has 0 unspecified atom stereocenters. The van der Waals surface area contributed by atoms with Gasteiger partial charge in [0.25, 0.3) is 5.91 Å². The summed E-state index contributed by atoms with van der Waals surface area (Å²) >= 11 is 6.26. The van der Waals surface area contributed by atoms with Gasteiger partial charge in [-0.15, -0.1) is 0 Å². The highest BCUT2D eigenvalue weighted by molar-refractivity contribution is 6.35. The normalized spacial score (nSPS) is 17.7. The number of alkyl halides is 3. The van der Waals surface area contributed by atoms with Gasteiger partial charge in [-0.3, -0.25) is 14.2 Å². The molecule has 2 heterocycles. The van der Waals surface area contributed by atoms with Crippen LogP contribution in [0.2, 0.25) is 5.02 Å². The minimum Gasteiger partial charge on any atom is -0.453 e. The summed E-state index contributed by atoms with van der Waals surface area (Å²) in [6.45, 7) is 3.34. The summed E-state index contributed by atoms with van der Waals surface area (Å²) in [5.41, 5.74) is -1.69. The second-order valence-corrected chi connectivity index (χ2v) is 8.88. The van der Waals surface area contributed by atoms with E-state index in [0.29, 0.717) is 6.42 Å². The molecule has 0 bridgehead atoms. The topological polar surface area (TPSA) is 98.1 Å². The number of halogens is 5. The largest absolute Gasteiger partial charge is 0.453 e. The molecule has 3 aromatic rings. The van der Waals surface area contributed by atoms with Crippen molar-refractivity contribution in [3.8, 4) is 11.4 Å². The number of allylic oxidation sites excluding steroid dienone is 4. The van der Waals surface area contributed by atoms with E-state index < -0.39 is 35.2 Å². The predicted molar refractivity (Wildman–Crippen MR) is 144 cm³/mol. The van der Waals surface area contributed by atoms with Crippen molar-refractivity contribution >= 4 is 29.2 Å². The smallest absolute Gasteiger partial charge is 0.434 e. The average molecular weight is 588 g/mol. The molecule has 0 saturated heterocycles. The number of rotatable bonds is 7. The standard InChI is InChI=1S/C28H22ClF4N5O3/c1-2-22(39)37-26-23(29)21(14-15-34-26)41-20-11-7-6-8-17(12-13-19(20)30)36-27(40)24-25(28(31,32)33)38(16-35-24)18-9-4-3-5-10-18/h2-5,8-11,13-16H,1,6-7,12H2,(H,36,40)(H,34,37,39)/b17-8+,19-13+,20-11+. The summed E-state index contributed by atoms with van der Waals surface area (Å²) in [7, 11) is 0. The van der Waals surface area contributed by atoms with Crippen LogP contribution < -0.4 is 15.4 Å². The van der Waals surface area contributed by atoms with Crippen LogP contribution in [-0.2, 0) is 11.0 Å². The maximum Gasteiger partial charge on any atom is 0.434 e. The van der Waals surface area contributed by atoms with Crippen LogP contribution in [0.25, 0.3) is 5.69 Å². The van der Waals surface area contributed by atoms with Gasteiger partial charge in [0.05, 0.1) is 0 Å². The van der Waals surface area contributed by atoms with Crippen molar-refractivity contribution in [1.29, 1.82) is 0 Å². The molecule has 0 radical (unpaired) electrons. The molecule has 0 atom stereocenters. The highest BCUT2D eigenvalue weighted by Crippen LogP contribution is 2.35. The number of pyridine rings is 1. The minimum atomic E-state index is -4.88. The number of anilines is 1. The average Bonchev–Trinajstić information content (AvgIpc) is 3.43. The van der Waals surface area contributed by atoms with E-state index in [-0.39, 0.29) is 46.6 Å². The molecule has 0 aliphatic heterocycles. The number of amides is 2. The van der Waals surface area contributed by atoms with Crippen LogP contribution in [-0.4, -0.2) is 26.3 Å². The van der Waals surface area contributed by atoms with E-state index in [1.807, 2.05) is 0 Å². The molecule has 1 aliphatic rings. The molecule has 13 heteroatoms. The third kappa shape index (κ3) is 7.09. The fourth-order valence-electron chi connectivity index (χ4n) is 3.80. The Balaban J connectivity index is 1.51. The number of ether oxygens (including phenoxy) is 1. The van der Waals surface area contributed by atoms with Gasteiger partial charge < -0.3 is 15.4 Å². The zero-order valence-electron chi connectivity index (χ0n) is 21.2. The van der Waals surface area contributed by atoms with Gasteiger partial charge in [-0.05, 0) is 43.2 Å². The van der Waals surface area contributed by atoms with Crippen molar-refractivity contribution < 1.29 is 31.9 Å². The summed E-state index contributed by atoms with van der Waals surface area (Å²) in [4.78, 5) is 32.2. The van der Waals surface area contributed by atoms with Gasteiger partial charge in [0.2, 0.25) is 5.91 Å². The predicted octanol–water partition coefficient (Wildman–Crippen LogP) is 6.68. The Kier molecular flexibility index (Phi) is 9.03. The van der Waals surface area contributed by atoms with Crippen LogP contribution in [0.1, 0.15) is 35.4 Å². The summed E-state index contributed by atoms with van der Waals surface area (Å²) in [6.07, 6.45) is 2.91. The lowest BCUT2D eigenvalue weighted by molar-refractivity contribution is -0.142. The Morgan fingerprint density at radius 1 is 1.05 bits per heavy atom. The maximum absolute atomic E-state index is 15.1. The number of carbonyl (C=O) groups excluding carboxylic acids is 2. The number of hydrogen-bond donors (Lipinski definition) is 2. The number of aromatic nitrogens is 3. The molecule has 41 heavy (non-hydrogen) atoms. The van der Waals surface area contributed by atoms with Crippen LogP contribution in [0, 0.1) is 0 Å². The van der Waals surface area contributed by atoms with Gasteiger partial charge in [0.15, 0.2) is 34.5 Å². The van der Waals surface area contributed by atoms with Crippen LogP contribution in [0.5, 0.6) is 5.75 Å². The molecular formula is C28H22ClF4N5O3. The summed E-state index contributed by atoms with van der Waals surface area (Å²) < 4.78 is 63.5. The van der Waals surface area contributed by atoms with Gasteiger partial charge in [0, 0.05) is 30.1 Å². The number of benzene rings is 1. The second-order valence-electron chi connectivity index (χ2n) is 8.50. The second kappa shape index (κ2) is 12.6. The third-order valence-electron chi connectivity index (χ3n) is 5.68. The number of hydrogen-bond acceptors (Lipinski definition) is 5. The fraction of sp³-hybridized carbons (Fsp3) is 0.143. The van der Waals surface area contributed by atoms with E-state index in [2.05, 4.69) is 27.2 Å². The number of imidazole rings is 1. The molecule has 2 aromatic heterocycles. The Labute approximate surface area is 236 Å². The van der Waals surface area contributed by atoms with Crippen molar-refractivity contribution in [1.82, 2.24) is 19.9 Å². The van der Waals surface area contributed by atoms with Crippen molar-refractivity contribution in [2.45, 2.75) is 25.4 Å². The molecule has 0 spiro atoms. The molecule has 2 N–H and O–H groups in total. The minimum absolute atomic E-state index is 0.0123. The summed E-state index contributed by atoms with van der Waals surface area (Å²) in [6, 6.07) is 9.06. The molecule has 2 amide bonds. The van der Waals surface area contributed by atoms with Gasteiger partial charge in [0.1, 0.15) is 11.3 Å². The SMILES string of the molecule is C=CC(=O)Nc1nccc(OC2=C/CC/C=C(/NC(=O)c3ncn(-c4ccccc4)c3C(F)(F)F)C/C=C\2F)c1Cl. The summed E-state index contributed by atoms with van der Waals surface area (Å²) in [5.74, 6) is -2.62. The zero-order valence-corrected chi connectivity index (χ0v) is 22.0. The van der Waals surface area contributed by atoms with E-state index in [4.69, 9.17) is 16.3 Å². The Morgan fingerprint density at radius 3 is 2.49 bits per heavy atom. The highest BCUT2D eigenvalue weighted by Gasteiger charge is 2.40. The summed E-state index contributed by atoms with van der Waals surface area (Å²) in [5, 5.41) is 4.76. The lowest BCUT2D eigenvalue weighted by Gasteiger charge is -2.14. The van der Waals surface area contributed by atoms with Crippen molar-refractivity contribution in [2.75, 3.05) is 5.32 Å². The molecule has 212 valence electrons. The van der Waals surface area contributed by atoms with Crippen molar-refractivity contribution in [2.24, 2.45) is 0 Å². The van der Waals surface area contributed by atoms with Crippen LogP contribution in [0.4, 0.5) is 23.4 Å². The highest BCUT2D eigenvalue weighted by atomic mass is 35.5. The molecule has 0 saturated carbocycles. The first kappa shape index (κ1) is 29.3. The number of carbonyl (C=O) groups is 2. The van der Waals surface area contributed by atoms with Crippen LogP contribution in [0.3, 0.4) is 0 Å². The number of para-hydroxylation sites is 1. The van der Waals surface area contributed by atoms with E-state index in [1.165, 1.54) is 30.5 Å². The van der Waals surface area contributed by atoms with Gasteiger partial charge in [-0.25, -0.2) is 14.4 Å². The zero-order chi connectivity index (χ0) is 29.6. The quantitative estimate of drug-likeness (QED) is 0.237. The van der Waals surface area contributed by atoms with Gasteiger partial charge >= 0.3 is 6.18 Å². The molecule has 0 fully saturated rings. The lowest BCUT2D eigenvalue weighted by atomic mass is 10.2. The fourth-order valence-corrected chi connectivity index (χ4v) is 4.00. The van der Waals surface area contributed by atoms with Crippen molar-refractivity contribution in [3.05, 3.63) is 113 Å². The van der Waals surface area contributed by atoms with Crippen LogP contribution in [0.15, 0.2) is 97.1 Å². The lowest BCUT2D eigenvalue weighted by Crippen LogP contribution is -2.27. The first-order chi connectivity index (χ1) is 19.6. The Bertz CT molecular complexity index is 1560. The number of nitrogens with zero attached hydrogens (tertiary/aromatic N) is 3.